The van der Waals surface area contributed by atoms with E-state index in [2.05, 4.69) is 10.3 Å². The maximum Gasteiger partial charge on any atom is 0.322 e. The first kappa shape index (κ1) is 19.0. The number of carbonyl (C=O) groups is 1. The van der Waals surface area contributed by atoms with Crippen LogP contribution in [0.25, 0.3) is 0 Å². The van der Waals surface area contributed by atoms with Crippen molar-refractivity contribution in [3.8, 4) is 11.6 Å². The van der Waals surface area contributed by atoms with Gasteiger partial charge in [-0.25, -0.2) is 9.78 Å². The first-order chi connectivity index (χ1) is 13.1. The van der Waals surface area contributed by atoms with Gasteiger partial charge in [-0.3, -0.25) is 0 Å². The van der Waals surface area contributed by atoms with Crippen molar-refractivity contribution in [2.24, 2.45) is 0 Å². The molecule has 1 aromatic carbocycles. The third-order valence-corrected chi connectivity index (χ3v) is 4.45. The van der Waals surface area contributed by atoms with Gasteiger partial charge in [-0.15, -0.1) is 0 Å². The largest absolute Gasteiger partial charge is 0.494 e. The molecule has 0 bridgehead atoms. The normalized spacial score (nSPS) is 16.4. The number of rotatable bonds is 6. The number of urea groups is 1. The number of benzene rings is 1. The van der Waals surface area contributed by atoms with Crippen LogP contribution in [0, 0.1) is 0 Å². The van der Waals surface area contributed by atoms with Gasteiger partial charge in [0.2, 0.25) is 5.88 Å². The summed E-state index contributed by atoms with van der Waals surface area (Å²) in [5.74, 6) is 1.29. The van der Waals surface area contributed by atoms with Crippen LogP contribution in [-0.2, 0) is 0 Å². The van der Waals surface area contributed by atoms with Crippen LogP contribution in [0.1, 0.15) is 45.2 Å². The molecule has 2 heterocycles. The molecular weight excluding hydrogens is 342 g/mol. The predicted molar refractivity (Wildman–Crippen MR) is 105 cm³/mol. The zero-order chi connectivity index (χ0) is 19.2. The Kier molecular flexibility index (Phi) is 6.16. The molecule has 0 saturated carbocycles. The van der Waals surface area contributed by atoms with E-state index in [4.69, 9.17) is 9.47 Å². The van der Waals surface area contributed by atoms with Crippen molar-refractivity contribution >= 4 is 11.7 Å². The van der Waals surface area contributed by atoms with Crippen molar-refractivity contribution in [2.75, 3.05) is 18.5 Å². The van der Waals surface area contributed by atoms with E-state index >= 15 is 0 Å². The summed E-state index contributed by atoms with van der Waals surface area (Å²) >= 11 is 0. The highest BCUT2D eigenvalue weighted by Crippen LogP contribution is 2.34. The summed E-state index contributed by atoms with van der Waals surface area (Å²) in [4.78, 5) is 19.0. The summed E-state index contributed by atoms with van der Waals surface area (Å²) in [6.07, 6.45) is 3.57. The third-order valence-electron chi connectivity index (χ3n) is 4.45. The van der Waals surface area contributed by atoms with Gasteiger partial charge in [0.1, 0.15) is 11.4 Å². The number of aromatic nitrogens is 1. The Morgan fingerprint density at radius 1 is 1.30 bits per heavy atom. The van der Waals surface area contributed by atoms with Crippen LogP contribution in [0.5, 0.6) is 11.6 Å². The molecule has 0 spiro atoms. The lowest BCUT2D eigenvalue weighted by atomic mass is 10.0. The van der Waals surface area contributed by atoms with Gasteiger partial charge in [0.15, 0.2) is 0 Å². The summed E-state index contributed by atoms with van der Waals surface area (Å²) < 4.78 is 11.2. The molecule has 3 rings (SSSR count). The van der Waals surface area contributed by atoms with E-state index in [9.17, 15) is 4.79 Å². The van der Waals surface area contributed by atoms with Crippen molar-refractivity contribution in [2.45, 2.75) is 45.8 Å². The maximum absolute atomic E-state index is 12.9. The van der Waals surface area contributed by atoms with Gasteiger partial charge < -0.3 is 19.7 Å². The number of anilines is 1. The van der Waals surface area contributed by atoms with Crippen molar-refractivity contribution in [1.29, 1.82) is 0 Å². The molecule has 27 heavy (non-hydrogen) atoms. The summed E-state index contributed by atoms with van der Waals surface area (Å²) in [5, 5.41) is 2.96. The number of nitrogens with zero attached hydrogens (tertiary/aromatic N) is 2. The highest BCUT2D eigenvalue weighted by molar-refractivity contribution is 5.91. The lowest BCUT2D eigenvalue weighted by Crippen LogP contribution is -2.34. The molecule has 1 atom stereocenters. The molecule has 0 radical (unpaired) electrons. The second-order valence-electron chi connectivity index (χ2n) is 6.81. The number of nitrogens with one attached hydrogen (secondary N) is 1. The number of likely N-dealkylation sites (tertiary alicyclic amines) is 1. The van der Waals surface area contributed by atoms with E-state index in [0.29, 0.717) is 18.2 Å². The summed E-state index contributed by atoms with van der Waals surface area (Å²) in [5.41, 5.74) is 1.71. The Hall–Kier alpha value is -2.76. The average molecular weight is 369 g/mol. The van der Waals surface area contributed by atoms with Gasteiger partial charge in [0, 0.05) is 12.7 Å². The molecule has 6 nitrogen and oxygen atoms in total. The van der Waals surface area contributed by atoms with E-state index in [0.717, 1.165) is 30.7 Å². The minimum Gasteiger partial charge on any atom is -0.494 e. The highest BCUT2D eigenvalue weighted by Gasteiger charge is 2.30. The standard InChI is InChI=1S/C21H27N3O3/c1-4-26-17-11-9-16(10-12-17)19-8-6-14-24(19)21(25)23-18-7-5-13-22-20(18)27-15(2)3/h5,7,9-13,15,19H,4,6,8,14H2,1-3H3,(H,23,25). The fourth-order valence-corrected chi connectivity index (χ4v) is 3.30. The van der Waals surface area contributed by atoms with Gasteiger partial charge in [-0.05, 0) is 63.4 Å². The first-order valence-electron chi connectivity index (χ1n) is 9.50. The summed E-state index contributed by atoms with van der Waals surface area (Å²) in [7, 11) is 0. The lowest BCUT2D eigenvalue weighted by Gasteiger charge is -2.26. The second-order valence-corrected chi connectivity index (χ2v) is 6.81. The van der Waals surface area contributed by atoms with Crippen LogP contribution in [0.15, 0.2) is 42.6 Å². The van der Waals surface area contributed by atoms with Crippen molar-refractivity contribution in [1.82, 2.24) is 9.88 Å². The minimum absolute atomic E-state index is 0.0149. The molecule has 1 fully saturated rings. The number of pyridine rings is 1. The molecule has 1 N–H and O–H groups in total. The van der Waals surface area contributed by atoms with Crippen LogP contribution in [0.4, 0.5) is 10.5 Å². The van der Waals surface area contributed by atoms with E-state index in [-0.39, 0.29) is 18.2 Å². The smallest absolute Gasteiger partial charge is 0.322 e. The number of ether oxygens (including phenoxy) is 2. The van der Waals surface area contributed by atoms with Crippen molar-refractivity contribution in [3.63, 3.8) is 0 Å². The van der Waals surface area contributed by atoms with Gasteiger partial charge in [-0.2, -0.15) is 0 Å². The van der Waals surface area contributed by atoms with Gasteiger partial charge in [0.25, 0.3) is 0 Å². The zero-order valence-corrected chi connectivity index (χ0v) is 16.1. The fourth-order valence-electron chi connectivity index (χ4n) is 3.30. The number of hydrogen-bond acceptors (Lipinski definition) is 4. The topological polar surface area (TPSA) is 63.7 Å². The molecule has 2 amide bonds. The van der Waals surface area contributed by atoms with Crippen molar-refractivity contribution in [3.05, 3.63) is 48.2 Å². The zero-order valence-electron chi connectivity index (χ0n) is 16.1. The molecule has 1 unspecified atom stereocenters. The molecule has 1 saturated heterocycles. The van der Waals surface area contributed by atoms with Gasteiger partial charge in [-0.1, -0.05) is 12.1 Å². The predicted octanol–water partition coefficient (Wildman–Crippen LogP) is 4.64. The summed E-state index contributed by atoms with van der Waals surface area (Å²) in [6.45, 7) is 7.20. The molecule has 144 valence electrons. The average Bonchev–Trinajstić information content (AvgIpc) is 3.14. The summed E-state index contributed by atoms with van der Waals surface area (Å²) in [6, 6.07) is 11.5. The number of hydrogen-bond donors (Lipinski definition) is 1. The molecule has 0 aliphatic carbocycles. The Labute approximate surface area is 160 Å². The highest BCUT2D eigenvalue weighted by atomic mass is 16.5. The number of carbonyl (C=O) groups excluding carboxylic acids is 1. The van der Waals surface area contributed by atoms with E-state index in [1.807, 2.05) is 56.0 Å². The molecule has 1 aliphatic rings. The molecular formula is C21H27N3O3. The fraction of sp³-hybridized carbons (Fsp3) is 0.429. The Bertz CT molecular complexity index is 762. The second kappa shape index (κ2) is 8.75. The lowest BCUT2D eigenvalue weighted by molar-refractivity contribution is 0.206. The van der Waals surface area contributed by atoms with Crippen LogP contribution < -0.4 is 14.8 Å². The molecule has 2 aromatic rings. The maximum atomic E-state index is 12.9. The quantitative estimate of drug-likeness (QED) is 0.806. The van der Waals surface area contributed by atoms with E-state index in [1.54, 1.807) is 12.3 Å². The van der Waals surface area contributed by atoms with Crippen LogP contribution in [0.2, 0.25) is 0 Å². The molecule has 1 aliphatic heterocycles. The Morgan fingerprint density at radius 2 is 2.07 bits per heavy atom. The molecule has 6 heteroatoms. The van der Waals surface area contributed by atoms with Crippen LogP contribution >= 0.6 is 0 Å². The van der Waals surface area contributed by atoms with E-state index in [1.165, 1.54) is 0 Å². The van der Waals surface area contributed by atoms with Gasteiger partial charge >= 0.3 is 6.03 Å². The van der Waals surface area contributed by atoms with Crippen LogP contribution in [-0.4, -0.2) is 35.2 Å². The third kappa shape index (κ3) is 4.70. The Balaban J connectivity index is 1.72. The number of amides is 2. The minimum atomic E-state index is -0.131. The van der Waals surface area contributed by atoms with Gasteiger partial charge in [0.05, 0.1) is 18.8 Å². The van der Waals surface area contributed by atoms with Crippen molar-refractivity contribution < 1.29 is 14.3 Å². The van der Waals surface area contributed by atoms with E-state index < -0.39 is 0 Å². The van der Waals surface area contributed by atoms with Crippen LogP contribution in [0.3, 0.4) is 0 Å². The monoisotopic (exact) mass is 369 g/mol. The molecule has 1 aromatic heterocycles. The Morgan fingerprint density at radius 3 is 2.78 bits per heavy atom. The SMILES string of the molecule is CCOc1ccc(C2CCCN2C(=O)Nc2cccnc2OC(C)C)cc1. The first-order valence-corrected chi connectivity index (χ1v) is 9.50.